The Labute approximate surface area is 183 Å². The van der Waals surface area contributed by atoms with E-state index in [0.717, 1.165) is 0 Å². The van der Waals surface area contributed by atoms with Crippen molar-refractivity contribution in [2.75, 3.05) is 21.3 Å². The van der Waals surface area contributed by atoms with Crippen LogP contribution in [-0.4, -0.2) is 48.7 Å². The molecule has 2 heterocycles. The molecule has 0 saturated carbocycles. The van der Waals surface area contributed by atoms with Crippen molar-refractivity contribution in [3.8, 4) is 23.0 Å². The van der Waals surface area contributed by atoms with Crippen molar-refractivity contribution in [2.45, 2.75) is 32.0 Å². The Balaban J connectivity index is 1.88. The quantitative estimate of drug-likeness (QED) is 0.677. The number of nitrogens with zero attached hydrogens (tertiary/aromatic N) is 2. The first kappa shape index (κ1) is 21.3. The van der Waals surface area contributed by atoms with Crippen molar-refractivity contribution in [3.63, 3.8) is 0 Å². The Morgan fingerprint density at radius 2 is 1.97 bits per heavy atom. The number of Topliss-reactive ketones (excluding diaryl/α,β-unsaturated/α-hetero) is 1. The van der Waals surface area contributed by atoms with Crippen LogP contribution in [0.4, 0.5) is 0 Å². The first-order chi connectivity index (χ1) is 14.8. The second kappa shape index (κ2) is 7.65. The summed E-state index contributed by atoms with van der Waals surface area (Å²) >= 11 is 6.66. The van der Waals surface area contributed by atoms with E-state index >= 15 is 0 Å². The average molecular weight is 449 g/mol. The fourth-order valence-corrected chi connectivity index (χ4v) is 4.21. The molecule has 31 heavy (non-hydrogen) atoms. The number of methoxy groups -OCH3 is 3. The van der Waals surface area contributed by atoms with Crippen molar-refractivity contribution in [1.82, 2.24) is 10.2 Å². The zero-order valence-electron chi connectivity index (χ0n) is 17.6. The van der Waals surface area contributed by atoms with E-state index in [1.807, 2.05) is 0 Å². The third-order valence-corrected chi connectivity index (χ3v) is 6.06. The first-order valence-electron chi connectivity index (χ1n) is 9.58. The molecule has 1 aromatic heterocycles. The minimum Gasteiger partial charge on any atom is -0.496 e. The smallest absolute Gasteiger partial charge is 0.249 e. The second-order valence-corrected chi connectivity index (χ2v) is 7.80. The summed E-state index contributed by atoms with van der Waals surface area (Å²) in [5.41, 5.74) is -0.998. The van der Waals surface area contributed by atoms with Gasteiger partial charge in [0.05, 0.1) is 24.8 Å². The number of carbonyl (C=O) groups is 2. The van der Waals surface area contributed by atoms with Gasteiger partial charge in [-0.1, -0.05) is 18.5 Å². The fourth-order valence-electron chi connectivity index (χ4n) is 3.94. The predicted molar refractivity (Wildman–Crippen MR) is 108 cm³/mol. The van der Waals surface area contributed by atoms with Gasteiger partial charge in [-0.2, -0.15) is 0 Å². The summed E-state index contributed by atoms with van der Waals surface area (Å²) in [6.07, 6.45) is 1.01. The molecule has 1 spiro atoms. The number of fused-ring (bicyclic) bond motifs is 1. The zero-order valence-corrected chi connectivity index (χ0v) is 18.4. The van der Waals surface area contributed by atoms with Crippen molar-refractivity contribution in [1.29, 1.82) is 0 Å². The van der Waals surface area contributed by atoms with Crippen LogP contribution in [0.2, 0.25) is 5.02 Å². The lowest BCUT2D eigenvalue weighted by Gasteiger charge is -2.36. The minimum absolute atomic E-state index is 0.112. The van der Waals surface area contributed by atoms with Gasteiger partial charge < -0.3 is 23.4 Å². The van der Waals surface area contributed by atoms with Crippen LogP contribution in [0.15, 0.2) is 22.3 Å². The summed E-state index contributed by atoms with van der Waals surface area (Å²) in [7, 11) is 4.34. The number of carbonyl (C=O) groups excluding carboxylic acids is 2. The van der Waals surface area contributed by atoms with Crippen LogP contribution < -0.4 is 9.47 Å². The molecule has 1 aromatic carbocycles. The molecule has 0 fully saturated rings. The molecule has 0 N–H and O–H groups in total. The molecular formula is C21H21ClN2O7. The van der Waals surface area contributed by atoms with Crippen LogP contribution in [0.3, 0.4) is 0 Å². The Morgan fingerprint density at radius 1 is 1.23 bits per heavy atom. The number of halogens is 1. The highest BCUT2D eigenvalue weighted by atomic mass is 35.5. The van der Waals surface area contributed by atoms with Crippen LogP contribution in [0.25, 0.3) is 11.5 Å². The number of benzene rings is 1. The summed E-state index contributed by atoms with van der Waals surface area (Å²) in [6.45, 7) is 3.52. The Kier molecular flexibility index (Phi) is 5.26. The topological polar surface area (TPSA) is 110 Å². The molecule has 2 aromatic rings. The number of ketones is 2. The first-order valence-corrected chi connectivity index (χ1v) is 9.96. The van der Waals surface area contributed by atoms with Gasteiger partial charge >= 0.3 is 0 Å². The Hall–Kier alpha value is -2.91. The summed E-state index contributed by atoms with van der Waals surface area (Å²) in [5, 5.41) is 8.13. The van der Waals surface area contributed by atoms with E-state index in [-0.39, 0.29) is 57.6 Å². The normalized spacial score (nSPS) is 23.4. The maximum absolute atomic E-state index is 13.6. The van der Waals surface area contributed by atoms with Gasteiger partial charge in [0, 0.05) is 25.5 Å². The SMILES string of the molecule is COC1=CC(=O)C[C@@H](C)[C@]12Oc1c(Cl)c(-c3nnc(C(C)OC)o3)cc(OC)c1C2=O. The molecule has 0 amide bonds. The average Bonchev–Trinajstić information content (AvgIpc) is 3.36. The van der Waals surface area contributed by atoms with E-state index < -0.39 is 17.6 Å². The maximum atomic E-state index is 13.6. The highest BCUT2D eigenvalue weighted by Gasteiger charge is 2.59. The molecule has 0 saturated heterocycles. The molecule has 10 heteroatoms. The van der Waals surface area contributed by atoms with Crippen molar-refractivity contribution < 1.29 is 33.0 Å². The number of rotatable bonds is 5. The highest BCUT2D eigenvalue weighted by Crippen LogP contribution is 2.54. The standard InChI is InChI=1S/C21H21ClN2O7/c1-9-6-11(25)7-14(29-5)21(9)18(26)15-13(28-4)8-12(16(22)17(15)31-21)20-24-23-19(30-20)10(2)27-3/h7-10H,6H2,1-5H3/t9-,10?,21+/m1/s1. The van der Waals surface area contributed by atoms with Crippen LogP contribution in [0, 0.1) is 5.92 Å². The molecule has 0 radical (unpaired) electrons. The number of aromatic nitrogens is 2. The lowest BCUT2D eigenvalue weighted by atomic mass is 9.75. The summed E-state index contributed by atoms with van der Waals surface area (Å²) in [4.78, 5) is 25.7. The summed E-state index contributed by atoms with van der Waals surface area (Å²) in [6, 6.07) is 1.55. The van der Waals surface area contributed by atoms with Gasteiger partial charge in [0.15, 0.2) is 17.3 Å². The number of hydrogen-bond donors (Lipinski definition) is 0. The number of allylic oxidation sites excluding steroid dienone is 1. The van der Waals surface area contributed by atoms with Crippen LogP contribution in [0.1, 0.15) is 42.6 Å². The van der Waals surface area contributed by atoms with E-state index in [9.17, 15) is 9.59 Å². The molecule has 1 aliphatic carbocycles. The van der Waals surface area contributed by atoms with Gasteiger partial charge in [0.25, 0.3) is 0 Å². The van der Waals surface area contributed by atoms with E-state index in [1.54, 1.807) is 19.9 Å². The lowest BCUT2D eigenvalue weighted by Crippen LogP contribution is -2.51. The van der Waals surface area contributed by atoms with E-state index in [4.69, 9.17) is 35.0 Å². The highest BCUT2D eigenvalue weighted by molar-refractivity contribution is 6.36. The molecular weight excluding hydrogens is 428 g/mol. The predicted octanol–water partition coefficient (Wildman–Crippen LogP) is 3.56. The molecule has 3 atom stereocenters. The molecule has 2 aliphatic rings. The van der Waals surface area contributed by atoms with Crippen LogP contribution >= 0.6 is 11.6 Å². The third-order valence-electron chi connectivity index (χ3n) is 5.68. The van der Waals surface area contributed by atoms with Crippen molar-refractivity contribution >= 4 is 23.2 Å². The molecule has 9 nitrogen and oxygen atoms in total. The monoisotopic (exact) mass is 448 g/mol. The van der Waals surface area contributed by atoms with Gasteiger partial charge in [-0.05, 0) is 13.0 Å². The van der Waals surface area contributed by atoms with E-state index in [2.05, 4.69) is 10.2 Å². The Morgan fingerprint density at radius 3 is 2.61 bits per heavy atom. The van der Waals surface area contributed by atoms with Crippen molar-refractivity contribution in [3.05, 3.63) is 34.4 Å². The minimum atomic E-state index is -1.51. The molecule has 1 unspecified atom stereocenters. The molecule has 0 bridgehead atoms. The van der Waals surface area contributed by atoms with Gasteiger partial charge in [-0.3, -0.25) is 9.59 Å². The second-order valence-electron chi connectivity index (χ2n) is 7.42. The van der Waals surface area contributed by atoms with Gasteiger partial charge in [-0.25, -0.2) is 0 Å². The summed E-state index contributed by atoms with van der Waals surface area (Å²) in [5.74, 6) is -0.151. The maximum Gasteiger partial charge on any atom is 0.249 e. The van der Waals surface area contributed by atoms with Gasteiger partial charge in [0.1, 0.15) is 17.4 Å². The van der Waals surface area contributed by atoms with E-state index in [1.165, 1.54) is 27.4 Å². The Bertz CT molecular complexity index is 1110. The fraction of sp³-hybridized carbons (Fsp3) is 0.429. The third kappa shape index (κ3) is 3.02. The van der Waals surface area contributed by atoms with E-state index in [0.29, 0.717) is 5.56 Å². The van der Waals surface area contributed by atoms with Gasteiger partial charge in [-0.15, -0.1) is 10.2 Å². The van der Waals surface area contributed by atoms with Crippen LogP contribution in [-0.2, 0) is 14.3 Å². The molecule has 1 aliphatic heterocycles. The van der Waals surface area contributed by atoms with Crippen molar-refractivity contribution in [2.24, 2.45) is 5.92 Å². The largest absolute Gasteiger partial charge is 0.496 e. The van der Waals surface area contributed by atoms with Gasteiger partial charge in [0.2, 0.25) is 23.2 Å². The van der Waals surface area contributed by atoms with Crippen LogP contribution in [0.5, 0.6) is 11.5 Å². The molecule has 164 valence electrons. The summed E-state index contributed by atoms with van der Waals surface area (Å²) < 4.78 is 28.0. The number of ether oxygens (including phenoxy) is 4. The number of hydrogen-bond acceptors (Lipinski definition) is 9. The zero-order chi connectivity index (χ0) is 22.5. The lowest BCUT2D eigenvalue weighted by molar-refractivity contribution is -0.118. The molecule has 4 rings (SSSR count).